The van der Waals surface area contributed by atoms with Crippen molar-refractivity contribution in [3.8, 4) is 0 Å². The molecule has 1 fully saturated rings. The van der Waals surface area contributed by atoms with Crippen molar-refractivity contribution >= 4 is 43.5 Å². The summed E-state index contributed by atoms with van der Waals surface area (Å²) < 4.78 is 12.0. The molecule has 0 aliphatic carbocycles. The lowest BCUT2D eigenvalue weighted by atomic mass is 10.0. The van der Waals surface area contributed by atoms with Gasteiger partial charge >= 0.3 is 0 Å². The van der Waals surface area contributed by atoms with Gasteiger partial charge in [-0.2, -0.15) is 0 Å². The molecule has 7 atom stereocenters. The van der Waals surface area contributed by atoms with E-state index in [0.717, 1.165) is 6.42 Å². The van der Waals surface area contributed by atoms with E-state index in [4.69, 9.17) is 21.1 Å². The van der Waals surface area contributed by atoms with E-state index in [0.29, 0.717) is 6.42 Å². The third-order valence-corrected chi connectivity index (χ3v) is 5.19. The summed E-state index contributed by atoms with van der Waals surface area (Å²) in [5.74, 6) is 0. The minimum Gasteiger partial charge on any atom is -0.390 e. The Labute approximate surface area is 147 Å². The molecule has 2 aliphatic heterocycles. The van der Waals surface area contributed by atoms with Crippen molar-refractivity contribution in [1.29, 1.82) is 0 Å². The van der Waals surface area contributed by atoms with Crippen LogP contribution in [0.2, 0.25) is 0 Å². The second-order valence-corrected chi connectivity index (χ2v) is 7.54. The minimum atomic E-state index is -0.566. The number of aliphatic hydroxyl groups is 1. The fourth-order valence-electron chi connectivity index (χ4n) is 2.64. The van der Waals surface area contributed by atoms with Crippen molar-refractivity contribution in [2.75, 3.05) is 0 Å². The maximum absolute atomic E-state index is 10.3. The maximum atomic E-state index is 10.3. The van der Waals surface area contributed by atoms with Gasteiger partial charge in [-0.1, -0.05) is 44.0 Å². The lowest BCUT2D eigenvalue weighted by Gasteiger charge is -2.25. The SMILES string of the molecule is CC1OC(C=C=CBr)C=CC(Cl)CC(O)C2CC(Br)C1O2. The third kappa shape index (κ3) is 4.93. The number of hydrogen-bond donors (Lipinski definition) is 1. The van der Waals surface area contributed by atoms with E-state index in [1.54, 1.807) is 4.99 Å². The number of allylic oxidation sites excluding steroid dienone is 1. The molecule has 0 saturated carbocycles. The molecular weight excluding hydrogens is 423 g/mol. The molecule has 0 aromatic heterocycles. The molecule has 1 N–H and O–H groups in total. The number of rotatable bonds is 1. The summed E-state index contributed by atoms with van der Waals surface area (Å²) in [6.45, 7) is 1.98. The van der Waals surface area contributed by atoms with E-state index < -0.39 is 6.10 Å². The molecule has 2 bridgehead atoms. The van der Waals surface area contributed by atoms with Crippen LogP contribution < -0.4 is 0 Å². The van der Waals surface area contributed by atoms with Crippen molar-refractivity contribution in [2.45, 2.75) is 60.5 Å². The van der Waals surface area contributed by atoms with Crippen LogP contribution in [0, 0.1) is 0 Å². The van der Waals surface area contributed by atoms with Crippen LogP contribution in [0.3, 0.4) is 0 Å². The zero-order valence-electron chi connectivity index (χ0n) is 11.7. The Balaban J connectivity index is 2.22. The molecule has 6 heteroatoms. The predicted octanol–water partition coefficient (Wildman–Crippen LogP) is 3.67. The van der Waals surface area contributed by atoms with Crippen molar-refractivity contribution in [3.63, 3.8) is 0 Å². The van der Waals surface area contributed by atoms with Crippen LogP contribution in [0.15, 0.2) is 28.9 Å². The van der Waals surface area contributed by atoms with Crippen molar-refractivity contribution in [2.24, 2.45) is 0 Å². The summed E-state index contributed by atoms with van der Waals surface area (Å²) in [7, 11) is 0. The highest BCUT2D eigenvalue weighted by atomic mass is 79.9. The molecule has 0 aromatic rings. The molecular formula is C15H19Br2ClO3. The minimum absolute atomic E-state index is 0.0891. The summed E-state index contributed by atoms with van der Waals surface area (Å²) in [6, 6.07) is 0. The zero-order chi connectivity index (χ0) is 15.4. The Kier molecular flexibility index (Phi) is 7.01. The molecule has 7 unspecified atom stereocenters. The maximum Gasteiger partial charge on any atom is 0.102 e. The van der Waals surface area contributed by atoms with Crippen LogP contribution in [0.5, 0.6) is 0 Å². The predicted molar refractivity (Wildman–Crippen MR) is 91.3 cm³/mol. The van der Waals surface area contributed by atoms with Crippen LogP contribution in [-0.2, 0) is 9.47 Å². The van der Waals surface area contributed by atoms with E-state index >= 15 is 0 Å². The molecule has 21 heavy (non-hydrogen) atoms. The summed E-state index contributed by atoms with van der Waals surface area (Å²) in [5.41, 5.74) is 2.96. The van der Waals surface area contributed by atoms with Crippen molar-refractivity contribution in [3.05, 3.63) is 28.9 Å². The van der Waals surface area contributed by atoms with Gasteiger partial charge in [0, 0.05) is 9.81 Å². The van der Waals surface area contributed by atoms with Gasteiger partial charge < -0.3 is 14.6 Å². The quantitative estimate of drug-likeness (QED) is 0.383. The average Bonchev–Trinajstić information content (AvgIpc) is 2.82. The Morgan fingerprint density at radius 3 is 2.81 bits per heavy atom. The van der Waals surface area contributed by atoms with Gasteiger partial charge in [-0.3, -0.25) is 0 Å². The van der Waals surface area contributed by atoms with Gasteiger partial charge in [-0.05, 0) is 25.8 Å². The van der Waals surface area contributed by atoms with E-state index in [1.165, 1.54) is 0 Å². The molecule has 1 saturated heterocycles. The van der Waals surface area contributed by atoms with Gasteiger partial charge in [0.05, 0.1) is 29.8 Å². The average molecular weight is 443 g/mol. The smallest absolute Gasteiger partial charge is 0.102 e. The molecule has 118 valence electrons. The third-order valence-electron chi connectivity index (χ3n) is 3.71. The van der Waals surface area contributed by atoms with Gasteiger partial charge in [0.25, 0.3) is 0 Å². The van der Waals surface area contributed by atoms with Crippen LogP contribution >= 0.6 is 43.5 Å². The first-order chi connectivity index (χ1) is 10.0. The second kappa shape index (κ2) is 8.30. The molecule has 0 radical (unpaired) electrons. The van der Waals surface area contributed by atoms with Crippen LogP contribution in [0.1, 0.15) is 19.8 Å². The first-order valence-corrected chi connectivity index (χ1v) is 9.24. The molecule has 2 aliphatic rings. The number of ether oxygens (including phenoxy) is 2. The number of alkyl halides is 2. The number of halogens is 3. The Hall–Kier alpha value is 0.390. The van der Waals surface area contributed by atoms with Gasteiger partial charge in [0.15, 0.2) is 0 Å². The Morgan fingerprint density at radius 1 is 1.33 bits per heavy atom. The summed E-state index contributed by atoms with van der Waals surface area (Å²) >= 11 is 13.1. The Bertz CT molecular complexity index is 437. The highest BCUT2D eigenvalue weighted by Gasteiger charge is 2.41. The molecule has 0 aromatic carbocycles. The number of hydrogen-bond acceptors (Lipinski definition) is 3. The van der Waals surface area contributed by atoms with Crippen LogP contribution in [0.25, 0.3) is 0 Å². The largest absolute Gasteiger partial charge is 0.390 e. The van der Waals surface area contributed by atoms with E-state index in [9.17, 15) is 5.11 Å². The fourth-order valence-corrected chi connectivity index (χ4v) is 3.98. The van der Waals surface area contributed by atoms with E-state index in [1.807, 2.05) is 25.2 Å². The van der Waals surface area contributed by atoms with Gasteiger partial charge in [0.1, 0.15) is 6.10 Å². The highest BCUT2D eigenvalue weighted by molar-refractivity contribution is 9.11. The molecule has 3 nitrogen and oxygen atoms in total. The molecule has 0 spiro atoms. The Morgan fingerprint density at radius 2 is 2.10 bits per heavy atom. The van der Waals surface area contributed by atoms with Crippen molar-refractivity contribution in [1.82, 2.24) is 0 Å². The van der Waals surface area contributed by atoms with Gasteiger partial charge in [-0.25, -0.2) is 0 Å². The second-order valence-electron chi connectivity index (χ2n) is 5.34. The lowest BCUT2D eigenvalue weighted by Crippen LogP contribution is -2.35. The standard InChI is InChI=1S/C15H19Br2ClO3/c1-9-15-12(17)8-14(21-15)13(19)7-10(18)4-5-11(20-9)3-2-6-16/h3-6,9-15,19H,7-8H2,1H3. The van der Waals surface area contributed by atoms with Crippen molar-refractivity contribution < 1.29 is 14.6 Å². The summed E-state index contributed by atoms with van der Waals surface area (Å²) in [6.07, 6.45) is 5.60. The number of aliphatic hydroxyl groups excluding tert-OH is 1. The van der Waals surface area contributed by atoms with Crippen LogP contribution in [0.4, 0.5) is 0 Å². The fraction of sp³-hybridized carbons (Fsp3) is 0.667. The highest BCUT2D eigenvalue weighted by Crippen LogP contribution is 2.33. The molecule has 2 rings (SSSR count). The topological polar surface area (TPSA) is 38.7 Å². The summed E-state index contributed by atoms with van der Waals surface area (Å²) in [4.78, 5) is 1.82. The number of fused-ring (bicyclic) bond motifs is 2. The lowest BCUT2D eigenvalue weighted by molar-refractivity contribution is -0.0929. The van der Waals surface area contributed by atoms with E-state index in [2.05, 4.69) is 37.6 Å². The monoisotopic (exact) mass is 440 g/mol. The van der Waals surface area contributed by atoms with Gasteiger partial charge in [-0.15, -0.1) is 17.3 Å². The van der Waals surface area contributed by atoms with Crippen LogP contribution in [-0.4, -0.2) is 45.8 Å². The van der Waals surface area contributed by atoms with Gasteiger partial charge in [0.2, 0.25) is 0 Å². The first-order valence-electron chi connectivity index (χ1n) is 6.98. The molecule has 2 heterocycles. The summed E-state index contributed by atoms with van der Waals surface area (Å²) in [5, 5.41) is 10.0. The first kappa shape index (κ1) is 17.7. The normalized spacial score (nSPS) is 43.8. The molecule has 0 amide bonds. The van der Waals surface area contributed by atoms with E-state index in [-0.39, 0.29) is 34.6 Å². The zero-order valence-corrected chi connectivity index (χ0v) is 15.6.